The van der Waals surface area contributed by atoms with Crippen LogP contribution in [0.2, 0.25) is 0 Å². The van der Waals surface area contributed by atoms with Crippen LogP contribution in [0.1, 0.15) is 39.0 Å². The van der Waals surface area contributed by atoms with Crippen molar-refractivity contribution in [1.29, 1.82) is 0 Å². The van der Waals surface area contributed by atoms with Gasteiger partial charge in [0.15, 0.2) is 0 Å². The van der Waals surface area contributed by atoms with Crippen molar-refractivity contribution in [1.82, 2.24) is 0 Å². The molecule has 2 atom stereocenters. The summed E-state index contributed by atoms with van der Waals surface area (Å²) in [6.45, 7) is 2.25. The average Bonchev–Trinajstić information content (AvgIpc) is 2.35. The highest BCUT2D eigenvalue weighted by atomic mass is 16.5. The van der Waals surface area contributed by atoms with Crippen molar-refractivity contribution in [2.24, 2.45) is 11.8 Å². The fourth-order valence-corrected chi connectivity index (χ4v) is 2.70. The van der Waals surface area contributed by atoms with Crippen molar-refractivity contribution < 1.29 is 4.74 Å². The molecule has 0 heterocycles. The first-order chi connectivity index (χ1) is 6.79. The number of hydrogen-bond donors (Lipinski definition) is 0. The molecule has 0 bridgehead atoms. The maximum atomic E-state index is 5.42. The number of ether oxygens (including phenoxy) is 1. The van der Waals surface area contributed by atoms with Crippen LogP contribution >= 0.6 is 0 Å². The maximum absolute atomic E-state index is 5.42. The SMILES string of the molecule is COC1=C[C@@H](C)C=C2CCCC[C@H]2C1. The van der Waals surface area contributed by atoms with Crippen LogP contribution in [0.5, 0.6) is 0 Å². The van der Waals surface area contributed by atoms with E-state index in [1.807, 2.05) is 0 Å². The van der Waals surface area contributed by atoms with E-state index in [9.17, 15) is 0 Å². The molecule has 0 amide bonds. The van der Waals surface area contributed by atoms with Gasteiger partial charge in [0.05, 0.1) is 12.9 Å². The molecule has 0 aliphatic heterocycles. The smallest absolute Gasteiger partial charge is 0.0927 e. The van der Waals surface area contributed by atoms with E-state index in [-0.39, 0.29) is 0 Å². The third-order valence-corrected chi connectivity index (χ3v) is 3.43. The largest absolute Gasteiger partial charge is 0.501 e. The van der Waals surface area contributed by atoms with Crippen molar-refractivity contribution in [3.8, 4) is 0 Å². The number of allylic oxidation sites excluding steroid dienone is 4. The van der Waals surface area contributed by atoms with E-state index in [2.05, 4.69) is 19.1 Å². The highest BCUT2D eigenvalue weighted by Gasteiger charge is 2.23. The minimum absolute atomic E-state index is 0.558. The van der Waals surface area contributed by atoms with Gasteiger partial charge in [0.2, 0.25) is 0 Å². The second-order valence-electron chi connectivity index (χ2n) is 4.58. The van der Waals surface area contributed by atoms with Crippen LogP contribution in [-0.2, 0) is 4.74 Å². The summed E-state index contributed by atoms with van der Waals surface area (Å²) in [4.78, 5) is 0. The molecule has 0 radical (unpaired) electrons. The maximum Gasteiger partial charge on any atom is 0.0927 e. The molecular weight excluding hydrogens is 172 g/mol. The van der Waals surface area contributed by atoms with Crippen molar-refractivity contribution in [3.05, 3.63) is 23.5 Å². The molecule has 1 heteroatoms. The van der Waals surface area contributed by atoms with Crippen LogP contribution in [0.3, 0.4) is 0 Å². The van der Waals surface area contributed by atoms with Crippen molar-refractivity contribution in [2.45, 2.75) is 39.0 Å². The molecule has 2 rings (SSSR count). The molecule has 1 nitrogen and oxygen atoms in total. The van der Waals surface area contributed by atoms with Crippen LogP contribution in [0.15, 0.2) is 23.5 Å². The van der Waals surface area contributed by atoms with Gasteiger partial charge in [-0.1, -0.05) is 25.0 Å². The van der Waals surface area contributed by atoms with Crippen molar-refractivity contribution >= 4 is 0 Å². The van der Waals surface area contributed by atoms with E-state index in [1.165, 1.54) is 31.4 Å². The van der Waals surface area contributed by atoms with Gasteiger partial charge >= 0.3 is 0 Å². The Morgan fingerprint density at radius 1 is 1.29 bits per heavy atom. The summed E-state index contributed by atoms with van der Waals surface area (Å²) < 4.78 is 5.42. The summed E-state index contributed by atoms with van der Waals surface area (Å²) >= 11 is 0. The molecular formula is C13H20O. The molecule has 0 saturated heterocycles. The van der Waals surface area contributed by atoms with Crippen molar-refractivity contribution in [2.75, 3.05) is 7.11 Å². The Bertz CT molecular complexity index is 262. The Labute approximate surface area is 86.8 Å². The Kier molecular flexibility index (Phi) is 2.95. The van der Waals surface area contributed by atoms with Gasteiger partial charge in [0.1, 0.15) is 0 Å². The van der Waals surface area contributed by atoms with Gasteiger partial charge < -0.3 is 4.74 Å². The van der Waals surface area contributed by atoms with Crippen LogP contribution < -0.4 is 0 Å². The summed E-state index contributed by atoms with van der Waals surface area (Å²) in [7, 11) is 1.80. The van der Waals surface area contributed by atoms with Crippen molar-refractivity contribution in [3.63, 3.8) is 0 Å². The minimum Gasteiger partial charge on any atom is -0.501 e. The van der Waals surface area contributed by atoms with E-state index in [4.69, 9.17) is 4.74 Å². The minimum atomic E-state index is 0.558. The highest BCUT2D eigenvalue weighted by molar-refractivity contribution is 5.20. The van der Waals surface area contributed by atoms with Gasteiger partial charge in [-0.25, -0.2) is 0 Å². The third-order valence-electron chi connectivity index (χ3n) is 3.43. The molecule has 2 aliphatic carbocycles. The average molecular weight is 192 g/mol. The number of fused-ring (bicyclic) bond motifs is 1. The van der Waals surface area contributed by atoms with Gasteiger partial charge in [-0.05, 0) is 37.2 Å². The summed E-state index contributed by atoms with van der Waals surface area (Å²) in [6, 6.07) is 0. The van der Waals surface area contributed by atoms with E-state index in [1.54, 1.807) is 12.7 Å². The number of hydrogen-bond acceptors (Lipinski definition) is 1. The quantitative estimate of drug-likeness (QED) is 0.576. The lowest BCUT2D eigenvalue weighted by atomic mass is 9.82. The second-order valence-corrected chi connectivity index (χ2v) is 4.58. The molecule has 2 aliphatic rings. The summed E-state index contributed by atoms with van der Waals surface area (Å²) in [5, 5.41) is 0. The van der Waals surface area contributed by atoms with Gasteiger partial charge in [0.25, 0.3) is 0 Å². The van der Waals surface area contributed by atoms with Crippen LogP contribution in [0, 0.1) is 11.8 Å². The predicted octanol–water partition coefficient (Wildman–Crippen LogP) is 3.67. The van der Waals surface area contributed by atoms with Crippen LogP contribution in [0.4, 0.5) is 0 Å². The van der Waals surface area contributed by atoms with Crippen LogP contribution in [0.25, 0.3) is 0 Å². The first-order valence-electron chi connectivity index (χ1n) is 5.75. The summed E-state index contributed by atoms with van der Waals surface area (Å²) in [5.74, 6) is 2.53. The Hall–Kier alpha value is -0.720. The molecule has 1 saturated carbocycles. The first-order valence-corrected chi connectivity index (χ1v) is 5.75. The first kappa shape index (κ1) is 9.82. The van der Waals surface area contributed by atoms with Gasteiger partial charge in [-0.15, -0.1) is 0 Å². The summed E-state index contributed by atoms with van der Waals surface area (Å²) in [5.41, 5.74) is 1.69. The van der Waals surface area contributed by atoms with E-state index >= 15 is 0 Å². The third kappa shape index (κ3) is 2.02. The Balaban J connectivity index is 2.17. The normalized spacial score (nSPS) is 32.4. The molecule has 1 fully saturated rings. The second kappa shape index (κ2) is 4.20. The van der Waals surface area contributed by atoms with E-state index in [0.717, 1.165) is 12.3 Å². The molecule has 0 aromatic rings. The lowest BCUT2D eigenvalue weighted by Crippen LogP contribution is -2.10. The highest BCUT2D eigenvalue weighted by Crippen LogP contribution is 2.37. The molecule has 14 heavy (non-hydrogen) atoms. The fourth-order valence-electron chi connectivity index (χ4n) is 2.70. The zero-order chi connectivity index (χ0) is 9.97. The zero-order valence-electron chi connectivity index (χ0n) is 9.25. The standard InChI is InChI=1S/C13H20O/c1-10-7-11-5-3-4-6-12(11)9-13(8-10)14-2/h7-8,10,12H,3-6,9H2,1-2H3/t10-,12-/m0/s1. The molecule has 0 aromatic heterocycles. The number of rotatable bonds is 1. The summed E-state index contributed by atoms with van der Waals surface area (Å²) in [6.07, 6.45) is 11.3. The van der Waals surface area contributed by atoms with E-state index in [0.29, 0.717) is 5.92 Å². The van der Waals surface area contributed by atoms with Gasteiger partial charge in [0, 0.05) is 6.42 Å². The zero-order valence-corrected chi connectivity index (χ0v) is 9.25. The monoisotopic (exact) mass is 192 g/mol. The molecule has 0 aromatic carbocycles. The molecule has 0 N–H and O–H groups in total. The Morgan fingerprint density at radius 3 is 2.93 bits per heavy atom. The lowest BCUT2D eigenvalue weighted by molar-refractivity contribution is 0.257. The molecule has 78 valence electrons. The predicted molar refractivity (Wildman–Crippen MR) is 58.9 cm³/mol. The van der Waals surface area contributed by atoms with E-state index < -0.39 is 0 Å². The molecule has 0 spiro atoms. The van der Waals surface area contributed by atoms with Gasteiger partial charge in [-0.2, -0.15) is 0 Å². The number of methoxy groups -OCH3 is 1. The van der Waals surface area contributed by atoms with Crippen LogP contribution in [-0.4, -0.2) is 7.11 Å². The lowest BCUT2D eigenvalue weighted by Gasteiger charge is -2.24. The topological polar surface area (TPSA) is 9.23 Å². The van der Waals surface area contributed by atoms with Gasteiger partial charge in [-0.3, -0.25) is 0 Å². The fraction of sp³-hybridized carbons (Fsp3) is 0.692. The Morgan fingerprint density at radius 2 is 2.14 bits per heavy atom. The molecule has 0 unspecified atom stereocenters.